The monoisotopic (exact) mass is 383 g/mol. The maximum Gasteiger partial charge on any atom is 0.297 e. The Balaban J connectivity index is 2.00. The van der Waals surface area contributed by atoms with Gasteiger partial charge in [-0.25, -0.2) is 8.42 Å². The van der Waals surface area contributed by atoms with Crippen molar-refractivity contribution in [1.82, 2.24) is 4.31 Å². The van der Waals surface area contributed by atoms with E-state index in [9.17, 15) is 16.8 Å². The summed E-state index contributed by atoms with van der Waals surface area (Å²) in [6, 6.07) is 12.7. The highest BCUT2D eigenvalue weighted by molar-refractivity contribution is 7.89. The summed E-state index contributed by atoms with van der Waals surface area (Å²) in [5.74, 6) is 0. The molecule has 0 atom stereocenters. The minimum atomic E-state index is -3.91. The summed E-state index contributed by atoms with van der Waals surface area (Å²) in [6.07, 6.45) is 0. The van der Waals surface area contributed by atoms with Crippen LogP contribution in [0.1, 0.15) is 11.1 Å². The third-order valence-corrected chi connectivity index (χ3v) is 6.88. The third kappa shape index (κ3) is 4.88. The van der Waals surface area contributed by atoms with Gasteiger partial charge in [-0.05, 0) is 38.1 Å². The van der Waals surface area contributed by atoms with E-state index in [4.69, 9.17) is 4.18 Å². The largest absolute Gasteiger partial charge is 0.297 e. The number of hydrogen-bond donors (Lipinski definition) is 0. The molecule has 6 nitrogen and oxygen atoms in total. The number of nitrogens with zero attached hydrogens (tertiary/aromatic N) is 1. The fraction of sp³-hybridized carbons (Fsp3) is 0.294. The first-order valence-electron chi connectivity index (χ1n) is 7.62. The lowest BCUT2D eigenvalue weighted by Gasteiger charge is -2.17. The molecule has 2 rings (SSSR count). The van der Waals surface area contributed by atoms with Crippen molar-refractivity contribution in [2.75, 3.05) is 20.2 Å². The average molecular weight is 383 g/mol. The zero-order chi connectivity index (χ0) is 18.7. The molecule has 0 bridgehead atoms. The Hall–Kier alpha value is -1.74. The minimum absolute atomic E-state index is 0.0437. The number of hydrogen-bond acceptors (Lipinski definition) is 5. The van der Waals surface area contributed by atoms with Gasteiger partial charge in [-0.2, -0.15) is 12.7 Å². The van der Waals surface area contributed by atoms with E-state index in [0.29, 0.717) is 0 Å². The van der Waals surface area contributed by atoms with Crippen molar-refractivity contribution in [3.05, 3.63) is 59.7 Å². The second-order valence-electron chi connectivity index (χ2n) is 5.73. The first-order chi connectivity index (χ1) is 11.6. The van der Waals surface area contributed by atoms with Gasteiger partial charge in [0.25, 0.3) is 10.1 Å². The van der Waals surface area contributed by atoms with Gasteiger partial charge in [0.15, 0.2) is 0 Å². The van der Waals surface area contributed by atoms with Gasteiger partial charge in [0.1, 0.15) is 0 Å². The van der Waals surface area contributed by atoms with Crippen molar-refractivity contribution in [2.24, 2.45) is 0 Å². The van der Waals surface area contributed by atoms with Crippen LogP contribution in [0.15, 0.2) is 58.3 Å². The number of sulfonamides is 1. The van der Waals surface area contributed by atoms with Crippen LogP contribution in [0, 0.1) is 13.8 Å². The molecule has 0 fully saturated rings. The molecule has 0 aliphatic carbocycles. The van der Waals surface area contributed by atoms with Crippen molar-refractivity contribution in [3.63, 3.8) is 0 Å². The number of likely N-dealkylation sites (N-methyl/N-ethyl adjacent to an activating group) is 1. The van der Waals surface area contributed by atoms with Crippen molar-refractivity contribution in [2.45, 2.75) is 23.6 Å². The molecule has 136 valence electrons. The number of benzene rings is 2. The molecule has 0 unspecified atom stereocenters. The fourth-order valence-electron chi connectivity index (χ4n) is 2.06. The van der Waals surface area contributed by atoms with E-state index in [1.807, 2.05) is 13.8 Å². The van der Waals surface area contributed by atoms with Gasteiger partial charge in [-0.1, -0.05) is 35.4 Å². The van der Waals surface area contributed by atoms with Gasteiger partial charge >= 0.3 is 0 Å². The molecule has 0 N–H and O–H groups in total. The zero-order valence-electron chi connectivity index (χ0n) is 14.3. The van der Waals surface area contributed by atoms with Crippen molar-refractivity contribution >= 4 is 20.1 Å². The third-order valence-electron chi connectivity index (χ3n) is 3.68. The van der Waals surface area contributed by atoms with Gasteiger partial charge in [0.2, 0.25) is 10.0 Å². The van der Waals surface area contributed by atoms with Crippen LogP contribution in [0.3, 0.4) is 0 Å². The molecule has 8 heteroatoms. The Morgan fingerprint density at radius 2 is 1.24 bits per heavy atom. The van der Waals surface area contributed by atoms with E-state index in [1.165, 1.54) is 31.3 Å². The molecule has 0 heterocycles. The van der Waals surface area contributed by atoms with Crippen LogP contribution in [0.4, 0.5) is 0 Å². The van der Waals surface area contributed by atoms with Gasteiger partial charge in [0, 0.05) is 13.6 Å². The maximum atomic E-state index is 12.4. The molecule has 0 aliphatic heterocycles. The Kier molecular flexibility index (Phi) is 5.99. The second-order valence-corrected chi connectivity index (χ2v) is 9.39. The summed E-state index contributed by atoms with van der Waals surface area (Å²) in [6.45, 7) is 3.37. The molecule has 0 amide bonds. The summed E-state index contributed by atoms with van der Waals surface area (Å²) in [5, 5.41) is 0. The van der Waals surface area contributed by atoms with Crippen LogP contribution in [-0.4, -0.2) is 41.3 Å². The molecule has 0 spiro atoms. The summed E-state index contributed by atoms with van der Waals surface area (Å²) in [5.41, 5.74) is 1.89. The van der Waals surface area contributed by atoms with Gasteiger partial charge < -0.3 is 0 Å². The highest BCUT2D eigenvalue weighted by Gasteiger charge is 2.22. The number of rotatable bonds is 7. The highest BCUT2D eigenvalue weighted by atomic mass is 32.2. The average Bonchev–Trinajstić information content (AvgIpc) is 2.55. The van der Waals surface area contributed by atoms with Crippen LogP contribution >= 0.6 is 0 Å². The second kappa shape index (κ2) is 7.65. The molecular weight excluding hydrogens is 362 g/mol. The smallest absolute Gasteiger partial charge is 0.265 e. The van der Waals surface area contributed by atoms with E-state index in [2.05, 4.69) is 0 Å². The lowest BCUT2D eigenvalue weighted by molar-refractivity contribution is 0.289. The fourth-order valence-corrected chi connectivity index (χ4v) is 4.11. The molecule has 0 saturated carbocycles. The number of aryl methyl sites for hydroxylation is 2. The van der Waals surface area contributed by atoms with Gasteiger partial charge in [-0.3, -0.25) is 4.18 Å². The quantitative estimate of drug-likeness (QED) is 0.686. The van der Waals surface area contributed by atoms with E-state index < -0.39 is 20.1 Å². The van der Waals surface area contributed by atoms with E-state index >= 15 is 0 Å². The van der Waals surface area contributed by atoms with Crippen molar-refractivity contribution in [1.29, 1.82) is 0 Å². The SMILES string of the molecule is Cc1ccc(S(=O)(=O)OCCN(C)S(=O)(=O)c2ccc(C)cc2)cc1. The Bertz CT molecular complexity index is 918. The van der Waals surface area contributed by atoms with Crippen LogP contribution in [-0.2, 0) is 24.3 Å². The predicted octanol–water partition coefficient (Wildman–Crippen LogP) is 2.33. The molecule has 25 heavy (non-hydrogen) atoms. The lowest BCUT2D eigenvalue weighted by Crippen LogP contribution is -2.30. The Morgan fingerprint density at radius 3 is 1.72 bits per heavy atom. The van der Waals surface area contributed by atoms with Crippen LogP contribution in [0.5, 0.6) is 0 Å². The Labute approximate surface area is 149 Å². The van der Waals surface area contributed by atoms with Crippen LogP contribution in [0.2, 0.25) is 0 Å². The topological polar surface area (TPSA) is 80.8 Å². The van der Waals surface area contributed by atoms with E-state index in [1.54, 1.807) is 24.3 Å². The Morgan fingerprint density at radius 1 is 0.800 bits per heavy atom. The van der Waals surface area contributed by atoms with E-state index in [-0.39, 0.29) is 22.9 Å². The summed E-state index contributed by atoms with van der Waals surface area (Å²) < 4.78 is 55.1. The van der Waals surface area contributed by atoms with Crippen LogP contribution in [0.25, 0.3) is 0 Å². The van der Waals surface area contributed by atoms with Crippen molar-refractivity contribution < 1.29 is 21.0 Å². The standard InChI is InChI=1S/C17H21NO5S2/c1-14-4-8-16(9-5-14)24(19,20)18(3)12-13-23-25(21,22)17-10-6-15(2)7-11-17/h4-11H,12-13H2,1-3H3. The summed E-state index contributed by atoms with van der Waals surface area (Å²) in [7, 11) is -6.21. The molecule has 0 aromatic heterocycles. The van der Waals surface area contributed by atoms with Gasteiger partial charge in [-0.15, -0.1) is 0 Å². The van der Waals surface area contributed by atoms with Crippen LogP contribution < -0.4 is 0 Å². The molecular formula is C17H21NO5S2. The summed E-state index contributed by atoms with van der Waals surface area (Å²) in [4.78, 5) is 0.198. The molecule has 0 radical (unpaired) electrons. The molecule has 2 aromatic carbocycles. The first-order valence-corrected chi connectivity index (χ1v) is 10.5. The van der Waals surface area contributed by atoms with Gasteiger partial charge in [0.05, 0.1) is 16.4 Å². The maximum absolute atomic E-state index is 12.4. The van der Waals surface area contributed by atoms with E-state index in [0.717, 1.165) is 15.4 Å². The summed E-state index contributed by atoms with van der Waals surface area (Å²) >= 11 is 0. The molecule has 2 aromatic rings. The predicted molar refractivity (Wildman–Crippen MR) is 95.3 cm³/mol. The molecule has 0 aliphatic rings. The highest BCUT2D eigenvalue weighted by Crippen LogP contribution is 2.16. The normalized spacial score (nSPS) is 12.5. The lowest BCUT2D eigenvalue weighted by atomic mass is 10.2. The van der Waals surface area contributed by atoms with Crippen molar-refractivity contribution in [3.8, 4) is 0 Å². The first kappa shape index (κ1) is 19.6. The minimum Gasteiger partial charge on any atom is -0.265 e. The molecule has 0 saturated heterocycles. The zero-order valence-corrected chi connectivity index (χ0v) is 16.0.